The second-order valence-electron chi connectivity index (χ2n) is 6.09. The molecule has 0 atom stereocenters. The summed E-state index contributed by atoms with van der Waals surface area (Å²) in [7, 11) is 0. The summed E-state index contributed by atoms with van der Waals surface area (Å²) in [5, 5.41) is 40.3. The molecule has 0 aromatic heterocycles. The number of amides is 1. The normalized spacial score (nSPS) is 10.8. The molecule has 1 amide bonds. The minimum Gasteiger partial charge on any atom is -0.502 e. The molecule has 0 saturated carbocycles. The molecule has 11 heteroatoms. The fraction of sp³-hybridized carbons (Fsp3) is 0.0526. The molecule has 0 radical (unpaired) electrons. The topological polar surface area (TPSA) is 160 Å². The van der Waals surface area contributed by atoms with Crippen LogP contribution in [0.5, 0.6) is 5.75 Å². The third-order valence-electron chi connectivity index (χ3n) is 4.13. The smallest absolute Gasteiger partial charge is 0.318 e. The van der Waals surface area contributed by atoms with Crippen molar-refractivity contribution in [3.63, 3.8) is 0 Å². The first-order valence-electron chi connectivity index (χ1n) is 8.56. The lowest BCUT2D eigenvalue weighted by Gasteiger charge is -2.08. The van der Waals surface area contributed by atoms with Crippen LogP contribution in [0, 0.1) is 20.2 Å². The maximum atomic E-state index is 12.0. The Bertz CT molecular complexity index is 1170. The van der Waals surface area contributed by atoms with Gasteiger partial charge >= 0.3 is 5.69 Å². The molecule has 0 aliphatic heterocycles. The molecule has 3 aromatic rings. The Kier molecular flexibility index (Phi) is 5.82. The number of benzene rings is 3. The summed E-state index contributed by atoms with van der Waals surface area (Å²) in [5.74, 6) is -1.32. The number of nitro benzene ring substituents is 2. The second-order valence-corrected chi connectivity index (χ2v) is 6.09. The van der Waals surface area contributed by atoms with Gasteiger partial charge in [-0.3, -0.25) is 25.0 Å². The molecule has 0 bridgehead atoms. The molecule has 0 heterocycles. The SMILES string of the molecule is O=C(CNc1cccc2ccccc12)NN=Cc1cc([N+](=O)[O-])cc([N+](=O)[O-])c1O. The van der Waals surface area contributed by atoms with E-state index >= 15 is 0 Å². The molecule has 0 aliphatic carbocycles. The number of aromatic hydroxyl groups is 1. The highest BCUT2D eigenvalue weighted by molar-refractivity contribution is 5.95. The molecule has 3 aromatic carbocycles. The van der Waals surface area contributed by atoms with E-state index in [2.05, 4.69) is 15.8 Å². The summed E-state index contributed by atoms with van der Waals surface area (Å²) >= 11 is 0. The Labute approximate surface area is 168 Å². The van der Waals surface area contributed by atoms with Gasteiger partial charge in [0, 0.05) is 17.1 Å². The number of phenolic OH excluding ortho intramolecular Hbond substituents is 1. The number of hydrogen-bond acceptors (Lipinski definition) is 8. The van der Waals surface area contributed by atoms with E-state index < -0.39 is 32.9 Å². The monoisotopic (exact) mass is 409 g/mol. The maximum absolute atomic E-state index is 12.0. The van der Waals surface area contributed by atoms with Crippen molar-refractivity contribution in [3.05, 3.63) is 80.4 Å². The lowest BCUT2D eigenvalue weighted by Crippen LogP contribution is -2.25. The van der Waals surface area contributed by atoms with Crippen molar-refractivity contribution in [3.8, 4) is 5.75 Å². The average molecular weight is 409 g/mol. The lowest BCUT2D eigenvalue weighted by atomic mass is 10.1. The second kappa shape index (κ2) is 8.65. The molecule has 0 fully saturated rings. The van der Waals surface area contributed by atoms with Crippen LogP contribution in [0.2, 0.25) is 0 Å². The first-order chi connectivity index (χ1) is 14.4. The van der Waals surface area contributed by atoms with Gasteiger partial charge in [-0.2, -0.15) is 5.10 Å². The predicted molar refractivity (Wildman–Crippen MR) is 110 cm³/mol. The predicted octanol–water partition coefficient (Wildman–Crippen LogP) is 2.92. The van der Waals surface area contributed by atoms with Crippen molar-refractivity contribution >= 4 is 40.0 Å². The largest absolute Gasteiger partial charge is 0.502 e. The number of nitrogens with one attached hydrogen (secondary N) is 2. The van der Waals surface area contributed by atoms with Crippen molar-refractivity contribution in [2.75, 3.05) is 11.9 Å². The number of hydrazone groups is 1. The summed E-state index contributed by atoms with van der Waals surface area (Å²) in [6, 6.07) is 14.8. The first kappa shape index (κ1) is 20.2. The zero-order valence-corrected chi connectivity index (χ0v) is 15.3. The van der Waals surface area contributed by atoms with Crippen LogP contribution >= 0.6 is 0 Å². The first-order valence-corrected chi connectivity index (χ1v) is 8.56. The molecule has 0 spiro atoms. The van der Waals surface area contributed by atoms with Crippen LogP contribution in [-0.4, -0.2) is 33.6 Å². The van der Waals surface area contributed by atoms with Crippen LogP contribution in [0.4, 0.5) is 17.1 Å². The molecule has 3 rings (SSSR count). The summed E-state index contributed by atoms with van der Waals surface area (Å²) < 4.78 is 0. The van der Waals surface area contributed by atoms with Gasteiger partial charge in [0.2, 0.25) is 5.75 Å². The van der Waals surface area contributed by atoms with Crippen LogP contribution in [0.3, 0.4) is 0 Å². The summed E-state index contributed by atoms with van der Waals surface area (Å²) in [5.41, 5.74) is 1.23. The van der Waals surface area contributed by atoms with Crippen LogP contribution < -0.4 is 10.7 Å². The molecular weight excluding hydrogens is 394 g/mol. The van der Waals surface area contributed by atoms with Gasteiger partial charge in [0.1, 0.15) is 0 Å². The standard InChI is InChI=1S/C19H15N5O6/c25-18(11-20-16-7-3-5-12-4-1-2-6-15(12)16)22-21-10-13-8-14(23(27)28)9-17(19(13)26)24(29)30/h1-10,20,26H,11H2,(H,22,25). The van der Waals surface area contributed by atoms with E-state index in [0.29, 0.717) is 6.07 Å². The van der Waals surface area contributed by atoms with Crippen LogP contribution in [0.25, 0.3) is 10.8 Å². The number of carbonyl (C=O) groups is 1. The molecule has 0 unspecified atom stereocenters. The molecule has 11 nitrogen and oxygen atoms in total. The van der Waals surface area contributed by atoms with E-state index in [0.717, 1.165) is 28.7 Å². The number of non-ortho nitro benzene ring substituents is 1. The summed E-state index contributed by atoms with van der Waals surface area (Å²) in [4.78, 5) is 32.1. The highest BCUT2D eigenvalue weighted by Gasteiger charge is 2.23. The van der Waals surface area contributed by atoms with Gasteiger partial charge in [-0.15, -0.1) is 0 Å². The Morgan fingerprint density at radius 2 is 1.80 bits per heavy atom. The van der Waals surface area contributed by atoms with Crippen molar-refractivity contribution in [1.29, 1.82) is 0 Å². The number of rotatable bonds is 7. The number of nitrogens with zero attached hydrogens (tertiary/aromatic N) is 3. The summed E-state index contributed by atoms with van der Waals surface area (Å²) in [6.45, 7) is -0.119. The van der Waals surface area contributed by atoms with E-state index in [-0.39, 0.29) is 12.1 Å². The van der Waals surface area contributed by atoms with Gasteiger partial charge in [-0.25, -0.2) is 5.43 Å². The Balaban J connectivity index is 1.68. The fourth-order valence-electron chi connectivity index (χ4n) is 2.74. The Morgan fingerprint density at radius 3 is 2.53 bits per heavy atom. The molecule has 3 N–H and O–H groups in total. The van der Waals surface area contributed by atoms with Gasteiger partial charge in [0.25, 0.3) is 11.6 Å². The minimum atomic E-state index is -0.952. The molecule has 0 saturated heterocycles. The van der Waals surface area contributed by atoms with Crippen LogP contribution in [-0.2, 0) is 4.79 Å². The van der Waals surface area contributed by atoms with Crippen molar-refractivity contribution in [1.82, 2.24) is 5.43 Å². The minimum absolute atomic E-state index is 0.119. The van der Waals surface area contributed by atoms with Crippen LogP contribution in [0.1, 0.15) is 5.56 Å². The van der Waals surface area contributed by atoms with Gasteiger partial charge in [0.05, 0.1) is 34.2 Å². The molecule has 0 aliphatic rings. The van der Waals surface area contributed by atoms with Crippen LogP contribution in [0.15, 0.2) is 59.7 Å². The Hall–Kier alpha value is -4.54. The summed E-state index contributed by atoms with van der Waals surface area (Å²) in [6.07, 6.45) is 0.894. The van der Waals surface area contributed by atoms with E-state index in [1.54, 1.807) is 0 Å². The molecule has 30 heavy (non-hydrogen) atoms. The third kappa shape index (κ3) is 4.47. The number of anilines is 1. The van der Waals surface area contributed by atoms with Gasteiger partial charge in [-0.05, 0) is 11.5 Å². The zero-order chi connectivity index (χ0) is 21.7. The Morgan fingerprint density at radius 1 is 1.07 bits per heavy atom. The lowest BCUT2D eigenvalue weighted by molar-refractivity contribution is -0.394. The number of phenols is 1. The van der Waals surface area contributed by atoms with E-state index in [1.807, 2.05) is 42.5 Å². The fourth-order valence-corrected chi connectivity index (χ4v) is 2.74. The zero-order valence-electron chi connectivity index (χ0n) is 15.3. The average Bonchev–Trinajstić information content (AvgIpc) is 2.73. The van der Waals surface area contributed by atoms with E-state index in [9.17, 15) is 30.1 Å². The number of nitro groups is 2. The van der Waals surface area contributed by atoms with Gasteiger partial charge < -0.3 is 10.4 Å². The molecule has 152 valence electrons. The maximum Gasteiger partial charge on any atom is 0.318 e. The van der Waals surface area contributed by atoms with Crippen molar-refractivity contribution in [2.24, 2.45) is 5.10 Å². The highest BCUT2D eigenvalue weighted by atomic mass is 16.6. The highest BCUT2D eigenvalue weighted by Crippen LogP contribution is 2.33. The third-order valence-corrected chi connectivity index (χ3v) is 4.13. The molecular formula is C19H15N5O6. The van der Waals surface area contributed by atoms with Crippen molar-refractivity contribution in [2.45, 2.75) is 0 Å². The van der Waals surface area contributed by atoms with E-state index in [4.69, 9.17) is 0 Å². The van der Waals surface area contributed by atoms with Gasteiger partial charge in [0.15, 0.2) is 0 Å². The van der Waals surface area contributed by atoms with Gasteiger partial charge in [-0.1, -0.05) is 36.4 Å². The van der Waals surface area contributed by atoms with E-state index in [1.165, 1.54) is 0 Å². The number of hydrogen-bond donors (Lipinski definition) is 3. The number of carbonyl (C=O) groups excluding carboxylic acids is 1. The van der Waals surface area contributed by atoms with Crippen molar-refractivity contribution < 1.29 is 19.7 Å². The number of fused-ring (bicyclic) bond motifs is 1. The quantitative estimate of drug-likeness (QED) is 0.307.